The number of ether oxygens (including phenoxy) is 4. The zero-order chi connectivity index (χ0) is 19.2. The van der Waals surface area contributed by atoms with Gasteiger partial charge < -0.3 is 23.8 Å². The molecule has 0 saturated carbocycles. The molecule has 2 aromatic rings. The molecule has 0 aliphatic carbocycles. The second-order valence-corrected chi connectivity index (χ2v) is 5.75. The third kappa shape index (κ3) is 4.13. The normalized spacial score (nSPS) is 12.2. The van der Waals surface area contributed by atoms with Gasteiger partial charge in [-0.3, -0.25) is 4.79 Å². The molecule has 0 atom stereocenters. The van der Waals surface area contributed by atoms with E-state index in [1.165, 1.54) is 19.2 Å². The van der Waals surface area contributed by atoms with Crippen molar-refractivity contribution in [3.63, 3.8) is 0 Å². The van der Waals surface area contributed by atoms with E-state index in [-0.39, 0.29) is 18.1 Å². The van der Waals surface area contributed by atoms with Crippen LogP contribution in [0.25, 0.3) is 0 Å². The smallest absolute Gasteiger partial charge is 0.338 e. The van der Waals surface area contributed by atoms with Gasteiger partial charge in [0.2, 0.25) is 5.75 Å². The number of amides is 1. The maximum absolute atomic E-state index is 12.4. The molecule has 7 heteroatoms. The van der Waals surface area contributed by atoms with Crippen molar-refractivity contribution in [1.82, 2.24) is 0 Å². The van der Waals surface area contributed by atoms with Gasteiger partial charge in [-0.05, 0) is 31.2 Å². The van der Waals surface area contributed by atoms with E-state index >= 15 is 0 Å². The fourth-order valence-corrected chi connectivity index (χ4v) is 2.79. The monoisotopic (exact) mass is 371 g/mol. The molecule has 0 aromatic heterocycles. The van der Waals surface area contributed by atoms with Crippen LogP contribution in [-0.2, 0) is 9.53 Å². The van der Waals surface area contributed by atoms with Crippen LogP contribution in [0.4, 0.5) is 5.69 Å². The predicted octanol–water partition coefficient (Wildman–Crippen LogP) is 2.68. The van der Waals surface area contributed by atoms with Gasteiger partial charge in [-0.25, -0.2) is 4.79 Å². The van der Waals surface area contributed by atoms with E-state index in [1.54, 1.807) is 4.90 Å². The molecule has 0 saturated heterocycles. The first kappa shape index (κ1) is 18.6. The predicted molar refractivity (Wildman–Crippen MR) is 98.7 cm³/mol. The van der Waals surface area contributed by atoms with E-state index in [9.17, 15) is 9.59 Å². The van der Waals surface area contributed by atoms with Crippen molar-refractivity contribution in [3.05, 3.63) is 48.0 Å². The first-order valence-electron chi connectivity index (χ1n) is 8.64. The number of para-hydroxylation sites is 1. The van der Waals surface area contributed by atoms with Crippen molar-refractivity contribution in [2.75, 3.05) is 38.4 Å². The van der Waals surface area contributed by atoms with Crippen molar-refractivity contribution in [2.45, 2.75) is 6.92 Å². The summed E-state index contributed by atoms with van der Waals surface area (Å²) in [5.74, 6) is 0.310. The zero-order valence-electron chi connectivity index (χ0n) is 15.3. The standard InChI is InChI=1S/C20H21NO6/c1-3-21(15-7-5-4-6-8-15)18(22)13-27-20(23)14-11-16(24-2)19-17(12-14)25-9-10-26-19/h4-8,11-12H,3,9-10,13H2,1-2H3. The fraction of sp³-hybridized carbons (Fsp3) is 0.300. The van der Waals surface area contributed by atoms with E-state index in [2.05, 4.69) is 0 Å². The van der Waals surface area contributed by atoms with Gasteiger partial charge in [0.15, 0.2) is 18.1 Å². The molecule has 2 aromatic carbocycles. The van der Waals surface area contributed by atoms with Crippen LogP contribution >= 0.6 is 0 Å². The van der Waals surface area contributed by atoms with Crippen molar-refractivity contribution in [3.8, 4) is 17.2 Å². The highest BCUT2D eigenvalue weighted by Gasteiger charge is 2.22. The molecule has 1 amide bonds. The molecule has 27 heavy (non-hydrogen) atoms. The van der Waals surface area contributed by atoms with Crippen LogP contribution < -0.4 is 19.1 Å². The molecular weight excluding hydrogens is 350 g/mol. The van der Waals surface area contributed by atoms with Gasteiger partial charge in [0.05, 0.1) is 12.7 Å². The van der Waals surface area contributed by atoms with Gasteiger partial charge in [0.25, 0.3) is 5.91 Å². The second kappa shape index (κ2) is 8.44. The number of methoxy groups -OCH3 is 1. The van der Waals surface area contributed by atoms with Crippen LogP contribution in [0, 0.1) is 0 Å². The summed E-state index contributed by atoms with van der Waals surface area (Å²) >= 11 is 0. The lowest BCUT2D eigenvalue weighted by Crippen LogP contribution is -2.34. The highest BCUT2D eigenvalue weighted by Crippen LogP contribution is 2.40. The van der Waals surface area contributed by atoms with Gasteiger partial charge in [-0.15, -0.1) is 0 Å². The molecule has 0 bridgehead atoms. The number of carbonyl (C=O) groups is 2. The first-order valence-corrected chi connectivity index (χ1v) is 8.64. The third-order valence-corrected chi connectivity index (χ3v) is 4.08. The average molecular weight is 371 g/mol. The largest absolute Gasteiger partial charge is 0.493 e. The lowest BCUT2D eigenvalue weighted by molar-refractivity contribution is -0.121. The highest BCUT2D eigenvalue weighted by molar-refractivity contribution is 5.97. The number of carbonyl (C=O) groups excluding carboxylic acids is 2. The average Bonchev–Trinajstić information content (AvgIpc) is 2.72. The van der Waals surface area contributed by atoms with Crippen molar-refractivity contribution in [1.29, 1.82) is 0 Å². The molecule has 1 heterocycles. The maximum atomic E-state index is 12.4. The van der Waals surface area contributed by atoms with E-state index in [0.717, 1.165) is 5.69 Å². The summed E-state index contributed by atoms with van der Waals surface area (Å²) in [6.45, 7) is 2.76. The first-order chi connectivity index (χ1) is 13.1. The molecule has 7 nitrogen and oxygen atoms in total. The molecule has 1 aliphatic heterocycles. The summed E-state index contributed by atoms with van der Waals surface area (Å²) in [5.41, 5.74) is 0.980. The Hall–Kier alpha value is -3.22. The summed E-state index contributed by atoms with van der Waals surface area (Å²) in [5, 5.41) is 0. The van der Waals surface area contributed by atoms with Crippen LogP contribution in [0.1, 0.15) is 17.3 Å². The minimum atomic E-state index is -0.636. The Balaban J connectivity index is 1.69. The Kier molecular flexibility index (Phi) is 5.80. The Morgan fingerprint density at radius 3 is 2.56 bits per heavy atom. The quantitative estimate of drug-likeness (QED) is 0.727. The molecule has 3 rings (SSSR count). The van der Waals surface area contributed by atoms with E-state index < -0.39 is 5.97 Å². The van der Waals surface area contributed by atoms with Gasteiger partial charge >= 0.3 is 5.97 Å². The van der Waals surface area contributed by atoms with Crippen molar-refractivity contribution >= 4 is 17.6 Å². The van der Waals surface area contributed by atoms with Crippen LogP contribution in [0.15, 0.2) is 42.5 Å². The number of nitrogens with zero attached hydrogens (tertiary/aromatic N) is 1. The summed E-state index contributed by atoms with van der Waals surface area (Å²) in [6.07, 6.45) is 0. The Morgan fingerprint density at radius 1 is 1.11 bits per heavy atom. The van der Waals surface area contributed by atoms with E-state index in [1.807, 2.05) is 37.3 Å². The highest BCUT2D eigenvalue weighted by atomic mass is 16.6. The number of benzene rings is 2. The van der Waals surface area contributed by atoms with Crippen LogP contribution in [-0.4, -0.2) is 45.4 Å². The molecule has 0 spiro atoms. The van der Waals surface area contributed by atoms with Gasteiger partial charge in [-0.1, -0.05) is 18.2 Å². The number of hydrogen-bond acceptors (Lipinski definition) is 6. The summed E-state index contributed by atoms with van der Waals surface area (Å²) in [6, 6.07) is 12.3. The maximum Gasteiger partial charge on any atom is 0.338 e. The Morgan fingerprint density at radius 2 is 1.85 bits per heavy atom. The Bertz CT molecular complexity index is 803. The number of likely N-dealkylation sites (N-methyl/N-ethyl adjacent to an activating group) is 1. The van der Waals surface area contributed by atoms with Crippen molar-refractivity contribution < 1.29 is 28.5 Å². The van der Waals surface area contributed by atoms with Crippen LogP contribution in [0.5, 0.6) is 17.2 Å². The SMILES string of the molecule is CCN(C(=O)COC(=O)c1cc(OC)c2c(c1)OCCO2)c1ccccc1. The van der Waals surface area contributed by atoms with Gasteiger partial charge in [0.1, 0.15) is 13.2 Å². The number of rotatable bonds is 6. The zero-order valence-corrected chi connectivity index (χ0v) is 15.3. The molecular formula is C20H21NO6. The summed E-state index contributed by atoms with van der Waals surface area (Å²) in [4.78, 5) is 26.4. The Labute approximate surface area is 157 Å². The topological polar surface area (TPSA) is 74.3 Å². The number of esters is 1. The van der Waals surface area contributed by atoms with Crippen LogP contribution in [0.3, 0.4) is 0 Å². The fourth-order valence-electron chi connectivity index (χ4n) is 2.79. The number of anilines is 1. The molecule has 0 radical (unpaired) electrons. The van der Waals surface area contributed by atoms with Gasteiger partial charge in [-0.2, -0.15) is 0 Å². The lowest BCUT2D eigenvalue weighted by atomic mass is 10.1. The summed E-state index contributed by atoms with van der Waals surface area (Å²) < 4.78 is 21.5. The number of fused-ring (bicyclic) bond motifs is 1. The number of hydrogen-bond donors (Lipinski definition) is 0. The van der Waals surface area contributed by atoms with Crippen molar-refractivity contribution in [2.24, 2.45) is 0 Å². The molecule has 0 N–H and O–H groups in total. The van der Waals surface area contributed by atoms with Gasteiger partial charge in [0, 0.05) is 12.2 Å². The van der Waals surface area contributed by atoms with Crippen LogP contribution in [0.2, 0.25) is 0 Å². The van der Waals surface area contributed by atoms with E-state index in [4.69, 9.17) is 18.9 Å². The summed E-state index contributed by atoms with van der Waals surface area (Å²) in [7, 11) is 1.48. The minimum Gasteiger partial charge on any atom is -0.493 e. The molecule has 1 aliphatic rings. The lowest BCUT2D eigenvalue weighted by Gasteiger charge is -2.22. The second-order valence-electron chi connectivity index (χ2n) is 5.75. The van der Waals surface area contributed by atoms with E-state index in [0.29, 0.717) is 37.0 Å². The molecule has 0 unspecified atom stereocenters. The molecule has 142 valence electrons. The third-order valence-electron chi connectivity index (χ3n) is 4.08. The molecule has 0 fully saturated rings. The minimum absolute atomic E-state index is 0.228.